The van der Waals surface area contributed by atoms with Gasteiger partial charge in [-0.15, -0.1) is 13.2 Å². The molecule has 0 N–H and O–H groups in total. The fourth-order valence-electron chi connectivity index (χ4n) is 2.54. The molecule has 0 bridgehead atoms. The van der Waals surface area contributed by atoms with E-state index < -0.39 is 11.8 Å². The minimum atomic E-state index is -4.79. The zero-order valence-electron chi connectivity index (χ0n) is 14.8. The summed E-state index contributed by atoms with van der Waals surface area (Å²) >= 11 is 5.88. The average molecular weight is 435 g/mol. The van der Waals surface area contributed by atoms with Crippen molar-refractivity contribution in [2.45, 2.75) is 6.36 Å². The number of halogens is 4. The normalized spacial score (nSPS) is 11.5. The number of alkyl halides is 3. The molecule has 4 rings (SSSR count). The van der Waals surface area contributed by atoms with Gasteiger partial charge in [-0.2, -0.15) is 10.1 Å². The van der Waals surface area contributed by atoms with Crippen molar-refractivity contribution < 1.29 is 22.4 Å². The lowest BCUT2D eigenvalue weighted by atomic mass is 10.2. The Bertz CT molecular complexity index is 1240. The molecule has 0 aliphatic carbocycles. The Morgan fingerprint density at radius 3 is 2.37 bits per heavy atom. The van der Waals surface area contributed by atoms with E-state index >= 15 is 0 Å². The van der Waals surface area contributed by atoms with Crippen molar-refractivity contribution in [3.8, 4) is 34.4 Å². The van der Waals surface area contributed by atoms with Crippen LogP contribution in [0.4, 0.5) is 13.2 Å². The van der Waals surface area contributed by atoms with Gasteiger partial charge >= 0.3 is 6.36 Å². The molecule has 152 valence electrons. The maximum Gasteiger partial charge on any atom is 0.573 e. The standard InChI is InChI=1S/C19H10ClF3N4O3/c20-12-3-5-13(6-4-12)27-10-9-15(28)16(25-27)18-24-17(26-30-18)11-1-7-14(8-2-11)29-19(21,22)23/h1-10H. The first-order chi connectivity index (χ1) is 14.3. The van der Waals surface area contributed by atoms with Gasteiger partial charge in [-0.1, -0.05) is 16.8 Å². The number of nitrogens with zero attached hydrogens (tertiary/aromatic N) is 4. The first kappa shape index (κ1) is 19.6. The fourth-order valence-corrected chi connectivity index (χ4v) is 2.66. The second-order valence-electron chi connectivity index (χ2n) is 5.94. The SMILES string of the molecule is O=c1ccn(-c2ccc(Cl)cc2)nc1-c1nc(-c2ccc(OC(F)(F)F)cc2)no1. The van der Waals surface area contributed by atoms with Crippen LogP contribution < -0.4 is 10.2 Å². The molecule has 0 radical (unpaired) electrons. The van der Waals surface area contributed by atoms with Crippen LogP contribution in [0.25, 0.3) is 28.7 Å². The summed E-state index contributed by atoms with van der Waals surface area (Å²) in [6, 6.07) is 13.0. The smallest absolute Gasteiger partial charge is 0.406 e. The minimum absolute atomic E-state index is 0.0756. The zero-order valence-corrected chi connectivity index (χ0v) is 15.6. The summed E-state index contributed by atoms with van der Waals surface area (Å²) in [5.41, 5.74) is 0.502. The van der Waals surface area contributed by atoms with Crippen LogP contribution in [0.15, 0.2) is 70.1 Å². The van der Waals surface area contributed by atoms with Gasteiger partial charge in [-0.3, -0.25) is 4.79 Å². The van der Waals surface area contributed by atoms with Gasteiger partial charge in [-0.05, 0) is 48.5 Å². The van der Waals surface area contributed by atoms with E-state index in [0.717, 1.165) is 12.1 Å². The second-order valence-corrected chi connectivity index (χ2v) is 6.38. The first-order valence-electron chi connectivity index (χ1n) is 8.35. The summed E-state index contributed by atoms with van der Waals surface area (Å²) in [5, 5.41) is 8.54. The van der Waals surface area contributed by atoms with Gasteiger partial charge in [0.1, 0.15) is 5.75 Å². The Morgan fingerprint density at radius 2 is 1.70 bits per heavy atom. The largest absolute Gasteiger partial charge is 0.573 e. The molecule has 2 aromatic heterocycles. The van der Waals surface area contributed by atoms with Gasteiger partial charge in [0.25, 0.3) is 5.89 Å². The van der Waals surface area contributed by atoms with E-state index in [0.29, 0.717) is 16.3 Å². The van der Waals surface area contributed by atoms with Gasteiger partial charge in [0.15, 0.2) is 5.69 Å². The molecule has 7 nitrogen and oxygen atoms in total. The highest BCUT2D eigenvalue weighted by molar-refractivity contribution is 6.30. The molecular formula is C19H10ClF3N4O3. The van der Waals surface area contributed by atoms with E-state index in [1.807, 2.05) is 0 Å². The molecule has 4 aromatic rings. The highest BCUT2D eigenvalue weighted by atomic mass is 35.5. The Balaban J connectivity index is 1.63. The number of hydrogen-bond donors (Lipinski definition) is 0. The van der Waals surface area contributed by atoms with Crippen LogP contribution in [-0.2, 0) is 0 Å². The van der Waals surface area contributed by atoms with Crippen LogP contribution in [0, 0.1) is 0 Å². The van der Waals surface area contributed by atoms with E-state index in [-0.39, 0.29) is 23.2 Å². The molecule has 0 unspecified atom stereocenters. The second kappa shape index (κ2) is 7.64. The Hall–Kier alpha value is -3.66. The van der Waals surface area contributed by atoms with Crippen LogP contribution in [0.3, 0.4) is 0 Å². The average Bonchev–Trinajstić information content (AvgIpc) is 3.18. The number of rotatable bonds is 4. The van der Waals surface area contributed by atoms with Crippen LogP contribution in [0.2, 0.25) is 5.02 Å². The van der Waals surface area contributed by atoms with Crippen molar-refractivity contribution in [2.75, 3.05) is 0 Å². The molecule has 0 aliphatic rings. The van der Waals surface area contributed by atoms with Crippen molar-refractivity contribution in [3.05, 3.63) is 76.0 Å². The maximum absolute atomic E-state index is 12.3. The fraction of sp³-hybridized carbons (Fsp3) is 0.0526. The minimum Gasteiger partial charge on any atom is -0.406 e. The molecule has 11 heteroatoms. The molecule has 0 aliphatic heterocycles. The monoisotopic (exact) mass is 434 g/mol. The summed E-state index contributed by atoms with van der Waals surface area (Å²) in [6.07, 6.45) is -3.31. The van der Waals surface area contributed by atoms with Crippen LogP contribution in [0.1, 0.15) is 0 Å². The molecule has 0 spiro atoms. The van der Waals surface area contributed by atoms with E-state index in [1.54, 1.807) is 24.3 Å². The van der Waals surface area contributed by atoms with E-state index in [4.69, 9.17) is 16.1 Å². The lowest BCUT2D eigenvalue weighted by molar-refractivity contribution is -0.274. The molecule has 0 saturated carbocycles. The van der Waals surface area contributed by atoms with Gasteiger partial charge < -0.3 is 9.26 Å². The van der Waals surface area contributed by atoms with Crippen molar-refractivity contribution in [2.24, 2.45) is 0 Å². The van der Waals surface area contributed by atoms with Gasteiger partial charge in [0.05, 0.1) is 5.69 Å². The molecule has 2 aromatic carbocycles. The first-order valence-corrected chi connectivity index (χ1v) is 8.72. The highest BCUT2D eigenvalue weighted by Crippen LogP contribution is 2.26. The lowest BCUT2D eigenvalue weighted by Crippen LogP contribution is -2.16. The van der Waals surface area contributed by atoms with E-state index in [9.17, 15) is 18.0 Å². The number of ether oxygens (including phenoxy) is 1. The third-order valence-corrected chi connectivity index (χ3v) is 4.13. The predicted molar refractivity (Wildman–Crippen MR) is 100 cm³/mol. The van der Waals surface area contributed by atoms with Gasteiger partial charge in [0, 0.05) is 22.8 Å². The highest BCUT2D eigenvalue weighted by Gasteiger charge is 2.31. The van der Waals surface area contributed by atoms with Crippen molar-refractivity contribution in [3.63, 3.8) is 0 Å². The number of aromatic nitrogens is 4. The number of benzene rings is 2. The summed E-state index contributed by atoms with van der Waals surface area (Å²) in [7, 11) is 0. The third kappa shape index (κ3) is 4.33. The molecule has 0 atom stereocenters. The van der Waals surface area contributed by atoms with Crippen LogP contribution in [-0.4, -0.2) is 26.3 Å². The van der Waals surface area contributed by atoms with E-state index in [1.165, 1.54) is 29.1 Å². The molecule has 0 fully saturated rings. The summed E-state index contributed by atoms with van der Waals surface area (Å²) in [6.45, 7) is 0. The molecular weight excluding hydrogens is 425 g/mol. The molecule has 0 amide bonds. The molecule has 2 heterocycles. The van der Waals surface area contributed by atoms with Gasteiger partial charge in [-0.25, -0.2) is 4.68 Å². The van der Waals surface area contributed by atoms with Gasteiger partial charge in [0.2, 0.25) is 11.3 Å². The Labute approximate surface area is 171 Å². The van der Waals surface area contributed by atoms with Crippen molar-refractivity contribution >= 4 is 11.6 Å². The zero-order chi connectivity index (χ0) is 21.3. The third-order valence-electron chi connectivity index (χ3n) is 3.87. The van der Waals surface area contributed by atoms with E-state index in [2.05, 4.69) is 20.0 Å². The van der Waals surface area contributed by atoms with Crippen LogP contribution in [0.5, 0.6) is 5.75 Å². The quantitative estimate of drug-likeness (QED) is 0.470. The topological polar surface area (TPSA) is 83.0 Å². The van der Waals surface area contributed by atoms with Crippen molar-refractivity contribution in [1.29, 1.82) is 0 Å². The molecule has 30 heavy (non-hydrogen) atoms. The summed E-state index contributed by atoms with van der Waals surface area (Å²) < 4.78 is 47.2. The predicted octanol–water partition coefficient (Wildman–Crippen LogP) is 4.50. The molecule has 0 saturated heterocycles. The Morgan fingerprint density at radius 1 is 1.00 bits per heavy atom. The summed E-state index contributed by atoms with van der Waals surface area (Å²) in [5.74, 6) is -0.439. The maximum atomic E-state index is 12.3. The van der Waals surface area contributed by atoms with Crippen LogP contribution >= 0.6 is 11.6 Å². The Kier molecular flexibility index (Phi) is 5.00. The lowest BCUT2D eigenvalue weighted by Gasteiger charge is -2.08. The van der Waals surface area contributed by atoms with Crippen molar-refractivity contribution in [1.82, 2.24) is 19.9 Å². The summed E-state index contributed by atoms with van der Waals surface area (Å²) in [4.78, 5) is 16.4. The number of hydrogen-bond acceptors (Lipinski definition) is 6.